The molecule has 1 saturated heterocycles. The van der Waals surface area contributed by atoms with Crippen LogP contribution in [0.5, 0.6) is 0 Å². The summed E-state index contributed by atoms with van der Waals surface area (Å²) in [5, 5.41) is 0. The molecule has 3 fully saturated rings. The van der Waals surface area contributed by atoms with E-state index in [4.69, 9.17) is 14.2 Å². The van der Waals surface area contributed by atoms with Crippen LogP contribution in [0.2, 0.25) is 0 Å². The van der Waals surface area contributed by atoms with E-state index in [1.807, 2.05) is 20.8 Å². The predicted octanol–water partition coefficient (Wildman–Crippen LogP) is 1.70. The van der Waals surface area contributed by atoms with Gasteiger partial charge in [0.2, 0.25) is 0 Å². The second kappa shape index (κ2) is 5.49. The van der Waals surface area contributed by atoms with Crippen molar-refractivity contribution in [2.75, 3.05) is 7.11 Å². The first-order chi connectivity index (χ1) is 10.8. The van der Waals surface area contributed by atoms with E-state index in [0.717, 1.165) is 6.42 Å². The normalized spacial score (nSPS) is 37.7. The molecule has 3 rings (SSSR count). The van der Waals surface area contributed by atoms with E-state index in [0.29, 0.717) is 6.42 Å². The van der Waals surface area contributed by atoms with E-state index in [1.54, 1.807) is 0 Å². The third kappa shape index (κ3) is 2.42. The zero-order valence-corrected chi connectivity index (χ0v) is 14.0. The molecule has 6 nitrogen and oxygen atoms in total. The van der Waals surface area contributed by atoms with Crippen molar-refractivity contribution < 1.29 is 28.6 Å². The Morgan fingerprint density at radius 2 is 2.00 bits per heavy atom. The van der Waals surface area contributed by atoms with Crippen LogP contribution in [0, 0.1) is 29.1 Å². The predicted molar refractivity (Wildman–Crippen MR) is 79.0 cm³/mol. The average Bonchev–Trinajstić information content (AvgIpc) is 3.11. The molecule has 3 aliphatic rings. The summed E-state index contributed by atoms with van der Waals surface area (Å²) in [7, 11) is 1.34. The third-order valence-electron chi connectivity index (χ3n) is 6.02. The molecule has 0 aromatic carbocycles. The van der Waals surface area contributed by atoms with Gasteiger partial charge in [0, 0.05) is 18.3 Å². The first-order valence-electron chi connectivity index (χ1n) is 8.28. The zero-order chi connectivity index (χ0) is 16.9. The highest BCUT2D eigenvalue weighted by Crippen LogP contribution is 2.59. The van der Waals surface area contributed by atoms with Gasteiger partial charge in [0.25, 0.3) is 0 Å². The van der Waals surface area contributed by atoms with Crippen LogP contribution in [0.25, 0.3) is 0 Å². The van der Waals surface area contributed by atoms with Gasteiger partial charge in [-0.15, -0.1) is 0 Å². The largest absolute Gasteiger partial charge is 0.469 e. The second-order valence-corrected chi connectivity index (χ2v) is 7.54. The highest BCUT2D eigenvalue weighted by Gasteiger charge is 2.68. The summed E-state index contributed by atoms with van der Waals surface area (Å²) in [6, 6.07) is 0. The lowest BCUT2D eigenvalue weighted by Gasteiger charge is -2.33. The van der Waals surface area contributed by atoms with Crippen LogP contribution in [-0.2, 0) is 28.6 Å². The third-order valence-corrected chi connectivity index (χ3v) is 6.02. The molecule has 2 aliphatic carbocycles. The lowest BCUT2D eigenvalue weighted by Crippen LogP contribution is -2.43. The van der Waals surface area contributed by atoms with Gasteiger partial charge < -0.3 is 14.2 Å². The fraction of sp³-hybridized carbons (Fsp3) is 0.824. The number of hydrogen-bond acceptors (Lipinski definition) is 6. The Morgan fingerprint density at radius 3 is 2.61 bits per heavy atom. The van der Waals surface area contributed by atoms with Crippen molar-refractivity contribution in [1.29, 1.82) is 0 Å². The van der Waals surface area contributed by atoms with Crippen LogP contribution < -0.4 is 0 Å². The van der Waals surface area contributed by atoms with Crippen LogP contribution in [0.15, 0.2) is 0 Å². The molecule has 128 valence electrons. The molecule has 1 aliphatic heterocycles. The molecule has 0 radical (unpaired) electrons. The molecular weight excluding hydrogens is 300 g/mol. The molecule has 6 heteroatoms. The number of ether oxygens (including phenoxy) is 3. The molecule has 2 bridgehead atoms. The smallest absolute Gasteiger partial charge is 0.311 e. The maximum Gasteiger partial charge on any atom is 0.311 e. The molecule has 6 atom stereocenters. The molecule has 0 spiro atoms. The standard InChI is InChI=1S/C17H24O6/c1-5-17(2,3)16(20)23-13-9-6-10-12(15(19)22-14(10)13)8(9)7-11(18)21-4/h8-10,12-14H,5-7H2,1-4H3. The van der Waals surface area contributed by atoms with Crippen LogP contribution >= 0.6 is 0 Å². The Bertz CT molecular complexity index is 539. The topological polar surface area (TPSA) is 78.9 Å². The molecule has 0 N–H and O–H groups in total. The summed E-state index contributed by atoms with van der Waals surface area (Å²) in [6.07, 6.45) is 0.840. The Morgan fingerprint density at radius 1 is 1.30 bits per heavy atom. The van der Waals surface area contributed by atoms with E-state index in [-0.39, 0.29) is 54.1 Å². The first kappa shape index (κ1) is 16.3. The highest BCUT2D eigenvalue weighted by atomic mass is 16.6. The summed E-state index contributed by atoms with van der Waals surface area (Å²) in [5.74, 6) is -1.21. The molecule has 2 saturated carbocycles. The zero-order valence-electron chi connectivity index (χ0n) is 14.0. The summed E-state index contributed by atoms with van der Waals surface area (Å²) < 4.78 is 16.0. The number of carbonyl (C=O) groups excluding carboxylic acids is 3. The van der Waals surface area contributed by atoms with E-state index in [9.17, 15) is 14.4 Å². The van der Waals surface area contributed by atoms with E-state index in [1.165, 1.54) is 7.11 Å². The Labute approximate surface area is 135 Å². The lowest BCUT2D eigenvalue weighted by molar-refractivity contribution is -0.171. The molecule has 23 heavy (non-hydrogen) atoms. The van der Waals surface area contributed by atoms with Crippen LogP contribution in [0.4, 0.5) is 0 Å². The van der Waals surface area contributed by atoms with Gasteiger partial charge in [-0.1, -0.05) is 6.92 Å². The maximum atomic E-state index is 12.4. The van der Waals surface area contributed by atoms with Crippen LogP contribution in [-0.4, -0.2) is 37.2 Å². The Balaban J connectivity index is 1.79. The maximum absolute atomic E-state index is 12.4. The van der Waals surface area contributed by atoms with Crippen molar-refractivity contribution in [1.82, 2.24) is 0 Å². The summed E-state index contributed by atoms with van der Waals surface area (Å²) in [6.45, 7) is 5.63. The summed E-state index contributed by atoms with van der Waals surface area (Å²) in [4.78, 5) is 36.2. The van der Waals surface area contributed by atoms with E-state index < -0.39 is 11.5 Å². The van der Waals surface area contributed by atoms with Crippen molar-refractivity contribution in [2.24, 2.45) is 29.1 Å². The fourth-order valence-corrected chi connectivity index (χ4v) is 4.28. The minimum absolute atomic E-state index is 0.00263. The average molecular weight is 324 g/mol. The molecular formula is C17H24O6. The molecule has 1 heterocycles. The highest BCUT2D eigenvalue weighted by molar-refractivity contribution is 5.80. The second-order valence-electron chi connectivity index (χ2n) is 7.54. The minimum Gasteiger partial charge on any atom is -0.469 e. The van der Waals surface area contributed by atoms with Gasteiger partial charge in [-0.25, -0.2) is 0 Å². The number of methoxy groups -OCH3 is 1. The number of carbonyl (C=O) groups is 3. The first-order valence-corrected chi connectivity index (χ1v) is 8.28. The van der Waals surface area contributed by atoms with Gasteiger partial charge in [0.15, 0.2) is 0 Å². The molecule has 0 amide bonds. The van der Waals surface area contributed by atoms with Crippen molar-refractivity contribution >= 4 is 17.9 Å². The number of fused-ring (bicyclic) bond motifs is 1. The van der Waals surface area contributed by atoms with Crippen molar-refractivity contribution in [3.05, 3.63) is 0 Å². The van der Waals surface area contributed by atoms with Crippen molar-refractivity contribution in [2.45, 2.75) is 52.2 Å². The van der Waals surface area contributed by atoms with Gasteiger partial charge in [0.05, 0.1) is 18.4 Å². The number of rotatable bonds is 5. The Hall–Kier alpha value is -1.59. The van der Waals surface area contributed by atoms with Gasteiger partial charge in [-0.05, 0) is 32.6 Å². The van der Waals surface area contributed by atoms with Gasteiger partial charge in [-0.3, -0.25) is 14.4 Å². The molecule has 0 aromatic heterocycles. The quantitative estimate of drug-likeness (QED) is 0.566. The van der Waals surface area contributed by atoms with Crippen LogP contribution in [0.1, 0.15) is 40.0 Å². The summed E-state index contributed by atoms with van der Waals surface area (Å²) >= 11 is 0. The monoisotopic (exact) mass is 324 g/mol. The Kier molecular flexibility index (Phi) is 3.89. The van der Waals surface area contributed by atoms with Crippen LogP contribution in [0.3, 0.4) is 0 Å². The number of esters is 3. The van der Waals surface area contributed by atoms with Crippen molar-refractivity contribution in [3.63, 3.8) is 0 Å². The van der Waals surface area contributed by atoms with Gasteiger partial charge >= 0.3 is 17.9 Å². The summed E-state index contributed by atoms with van der Waals surface area (Å²) in [5.41, 5.74) is -0.568. The number of hydrogen-bond donors (Lipinski definition) is 0. The SMILES string of the molecule is CCC(C)(C)C(=O)OC1C2CC3C1OC(=O)C3C2CC(=O)OC. The van der Waals surface area contributed by atoms with Gasteiger partial charge in [-0.2, -0.15) is 0 Å². The van der Waals surface area contributed by atoms with E-state index >= 15 is 0 Å². The molecule has 0 aromatic rings. The fourth-order valence-electron chi connectivity index (χ4n) is 4.28. The van der Waals surface area contributed by atoms with Gasteiger partial charge in [0.1, 0.15) is 12.2 Å². The minimum atomic E-state index is -0.568. The van der Waals surface area contributed by atoms with Crippen molar-refractivity contribution in [3.8, 4) is 0 Å². The lowest BCUT2D eigenvalue weighted by atomic mass is 9.76. The molecule has 6 unspecified atom stereocenters. The van der Waals surface area contributed by atoms with E-state index in [2.05, 4.69) is 0 Å².